The molecule has 0 fully saturated rings. The topological polar surface area (TPSA) is 60.7 Å². The highest BCUT2D eigenvalue weighted by Gasteiger charge is 2.19. The summed E-state index contributed by atoms with van der Waals surface area (Å²) in [6.45, 7) is 1.89. The minimum atomic E-state index is -0.369. The van der Waals surface area contributed by atoms with Gasteiger partial charge in [0.15, 0.2) is 5.43 Å². The number of nitrogens with zero attached hydrogens (tertiary/aromatic N) is 2. The fourth-order valence-electron chi connectivity index (χ4n) is 4.12. The van der Waals surface area contributed by atoms with Crippen molar-refractivity contribution in [2.75, 3.05) is 0 Å². The van der Waals surface area contributed by atoms with Crippen molar-refractivity contribution < 1.29 is 13.9 Å². The summed E-state index contributed by atoms with van der Waals surface area (Å²) in [5, 5.41) is 1.78. The monoisotopic (exact) mass is 414 g/mol. The van der Waals surface area contributed by atoms with E-state index in [-0.39, 0.29) is 23.6 Å². The smallest absolute Gasteiger partial charge is 0.311 e. The normalized spacial score (nSPS) is 11.5. The maximum Gasteiger partial charge on any atom is 0.311 e. The number of rotatable bonds is 5. The lowest BCUT2D eigenvalue weighted by Crippen LogP contribution is -2.13. The molecule has 6 heteroatoms. The summed E-state index contributed by atoms with van der Waals surface area (Å²) in [4.78, 5) is 29.6. The van der Waals surface area contributed by atoms with Crippen molar-refractivity contribution in [3.63, 3.8) is 0 Å². The average Bonchev–Trinajstić information content (AvgIpc) is 3.05. The van der Waals surface area contributed by atoms with Crippen LogP contribution in [0.4, 0.5) is 4.39 Å². The van der Waals surface area contributed by atoms with Crippen molar-refractivity contribution in [2.45, 2.75) is 26.2 Å². The van der Waals surface area contributed by atoms with E-state index in [0.717, 1.165) is 11.1 Å². The summed E-state index contributed by atoms with van der Waals surface area (Å²) in [7, 11) is 0. The quantitative estimate of drug-likeness (QED) is 0.304. The number of hydrogen-bond donors (Lipinski definition) is 0. The first-order valence-electron chi connectivity index (χ1n) is 10.2. The van der Waals surface area contributed by atoms with Crippen LogP contribution in [0.15, 0.2) is 65.8 Å². The Hall–Kier alpha value is -3.80. The predicted molar refractivity (Wildman–Crippen MR) is 117 cm³/mol. The molecule has 0 aliphatic rings. The zero-order valence-electron chi connectivity index (χ0n) is 16.9. The summed E-state index contributed by atoms with van der Waals surface area (Å²) in [5.41, 5.74) is 2.83. The van der Waals surface area contributed by atoms with Gasteiger partial charge in [-0.15, -0.1) is 0 Å². The van der Waals surface area contributed by atoms with Crippen molar-refractivity contribution in [1.29, 1.82) is 0 Å². The van der Waals surface area contributed by atoms with Gasteiger partial charge in [-0.3, -0.25) is 14.6 Å². The predicted octanol–water partition coefficient (Wildman–Crippen LogP) is 4.87. The van der Waals surface area contributed by atoms with Crippen LogP contribution in [0, 0.1) is 5.82 Å². The summed E-state index contributed by atoms with van der Waals surface area (Å²) in [6, 6.07) is 11.6. The van der Waals surface area contributed by atoms with E-state index in [4.69, 9.17) is 4.74 Å². The SMILES string of the molecule is CCCC(=O)Oc1cc2c(=O)c(Cc3cccnc3)cn3c4ccc(F)cc4c(c1)c23. The van der Waals surface area contributed by atoms with Gasteiger partial charge in [0, 0.05) is 47.8 Å². The molecule has 2 aromatic carbocycles. The van der Waals surface area contributed by atoms with Crippen LogP contribution >= 0.6 is 0 Å². The van der Waals surface area contributed by atoms with Crippen LogP contribution in [-0.4, -0.2) is 15.4 Å². The summed E-state index contributed by atoms with van der Waals surface area (Å²) < 4.78 is 21.5. The molecule has 0 unspecified atom stereocenters. The van der Waals surface area contributed by atoms with E-state index < -0.39 is 0 Å². The lowest BCUT2D eigenvalue weighted by atomic mass is 10.0. The number of hydrogen-bond acceptors (Lipinski definition) is 4. The third-order valence-corrected chi connectivity index (χ3v) is 5.46. The minimum Gasteiger partial charge on any atom is -0.426 e. The van der Waals surface area contributed by atoms with Crippen LogP contribution < -0.4 is 10.2 Å². The minimum absolute atomic E-state index is 0.141. The van der Waals surface area contributed by atoms with E-state index in [1.807, 2.05) is 29.7 Å². The molecular weight excluding hydrogens is 395 g/mol. The first-order chi connectivity index (χ1) is 15.0. The number of ether oxygens (including phenoxy) is 1. The molecule has 0 amide bonds. The van der Waals surface area contributed by atoms with E-state index in [9.17, 15) is 14.0 Å². The molecule has 0 saturated carbocycles. The Kier molecular flexibility index (Phi) is 4.62. The summed E-state index contributed by atoms with van der Waals surface area (Å²) in [6.07, 6.45) is 6.58. The molecule has 0 saturated heterocycles. The van der Waals surface area contributed by atoms with Crippen molar-refractivity contribution in [3.8, 4) is 5.75 Å². The van der Waals surface area contributed by atoms with Gasteiger partial charge in [-0.25, -0.2) is 4.39 Å². The average molecular weight is 414 g/mol. The highest BCUT2D eigenvalue weighted by Crippen LogP contribution is 2.35. The molecule has 5 rings (SSSR count). The number of esters is 1. The fourth-order valence-corrected chi connectivity index (χ4v) is 4.12. The van der Waals surface area contributed by atoms with Gasteiger partial charge in [-0.2, -0.15) is 0 Å². The zero-order chi connectivity index (χ0) is 21.5. The van der Waals surface area contributed by atoms with Gasteiger partial charge < -0.3 is 9.14 Å². The van der Waals surface area contributed by atoms with E-state index in [2.05, 4.69) is 4.98 Å². The van der Waals surface area contributed by atoms with Gasteiger partial charge in [-0.1, -0.05) is 13.0 Å². The maximum atomic E-state index is 14.1. The highest BCUT2D eigenvalue weighted by atomic mass is 19.1. The van der Waals surface area contributed by atoms with Crippen LogP contribution in [0.2, 0.25) is 0 Å². The number of halogens is 1. The number of pyridine rings is 2. The molecule has 0 aliphatic carbocycles. The number of benzene rings is 2. The molecule has 3 heterocycles. The third-order valence-electron chi connectivity index (χ3n) is 5.46. The number of carbonyl (C=O) groups excluding carboxylic acids is 1. The van der Waals surface area contributed by atoms with Crippen molar-refractivity contribution in [1.82, 2.24) is 9.38 Å². The molecule has 154 valence electrons. The zero-order valence-corrected chi connectivity index (χ0v) is 16.9. The fraction of sp³-hybridized carbons (Fsp3) is 0.160. The molecule has 0 N–H and O–H groups in total. The van der Waals surface area contributed by atoms with Crippen molar-refractivity contribution in [2.24, 2.45) is 0 Å². The first-order valence-corrected chi connectivity index (χ1v) is 10.2. The van der Waals surface area contributed by atoms with E-state index >= 15 is 0 Å². The van der Waals surface area contributed by atoms with E-state index in [0.29, 0.717) is 45.8 Å². The van der Waals surface area contributed by atoms with Gasteiger partial charge in [0.1, 0.15) is 11.6 Å². The lowest BCUT2D eigenvalue weighted by molar-refractivity contribution is -0.134. The molecule has 3 aromatic heterocycles. The van der Waals surface area contributed by atoms with E-state index in [1.54, 1.807) is 30.6 Å². The van der Waals surface area contributed by atoms with Crippen molar-refractivity contribution in [3.05, 3.63) is 88.2 Å². The number of aromatic nitrogens is 2. The van der Waals surface area contributed by atoms with Gasteiger partial charge in [0.05, 0.1) is 16.4 Å². The van der Waals surface area contributed by atoms with Crippen LogP contribution in [0.25, 0.3) is 27.2 Å². The maximum absolute atomic E-state index is 14.1. The Bertz CT molecular complexity index is 1490. The largest absolute Gasteiger partial charge is 0.426 e. The lowest BCUT2D eigenvalue weighted by Gasteiger charge is -2.09. The first kappa shape index (κ1) is 19.2. The van der Waals surface area contributed by atoms with Gasteiger partial charge in [0.25, 0.3) is 0 Å². The molecule has 0 bridgehead atoms. The van der Waals surface area contributed by atoms with Crippen LogP contribution in [-0.2, 0) is 11.2 Å². The molecule has 0 spiro atoms. The second kappa shape index (κ2) is 7.47. The van der Waals surface area contributed by atoms with Gasteiger partial charge in [0.2, 0.25) is 0 Å². The second-order valence-corrected chi connectivity index (χ2v) is 7.64. The standard InChI is InChI=1S/C25H19FN2O3/c1-2-4-23(29)31-18-11-20-19-10-17(26)6-7-22(19)28-14-16(9-15-5-3-8-27-13-15)25(30)21(12-18)24(20)28/h3,5-8,10-14H,2,4,9H2,1H3. The molecular formula is C25H19FN2O3. The van der Waals surface area contributed by atoms with Gasteiger partial charge in [-0.05, 0) is 48.4 Å². The molecule has 31 heavy (non-hydrogen) atoms. The third kappa shape index (κ3) is 3.30. The highest BCUT2D eigenvalue weighted by molar-refractivity contribution is 6.14. The van der Waals surface area contributed by atoms with Crippen molar-refractivity contribution >= 4 is 33.2 Å². The Balaban J connectivity index is 1.80. The molecule has 0 atom stereocenters. The van der Waals surface area contributed by atoms with Crippen LogP contribution in [0.1, 0.15) is 30.9 Å². The van der Waals surface area contributed by atoms with E-state index in [1.165, 1.54) is 12.1 Å². The van der Waals surface area contributed by atoms with Crippen LogP contribution in [0.5, 0.6) is 5.75 Å². The Labute approximate surface area is 177 Å². The Morgan fingerprint density at radius 1 is 1.13 bits per heavy atom. The number of carbonyl (C=O) groups is 1. The summed E-state index contributed by atoms with van der Waals surface area (Å²) >= 11 is 0. The van der Waals surface area contributed by atoms with Gasteiger partial charge >= 0.3 is 5.97 Å². The molecule has 5 nitrogen and oxygen atoms in total. The second-order valence-electron chi connectivity index (χ2n) is 7.64. The molecule has 5 aromatic rings. The Morgan fingerprint density at radius 2 is 1.97 bits per heavy atom. The summed E-state index contributed by atoms with van der Waals surface area (Å²) in [5.74, 6) is -0.440. The molecule has 0 aliphatic heterocycles. The number of fused-ring (bicyclic) bond motifs is 3. The Morgan fingerprint density at radius 3 is 2.74 bits per heavy atom. The molecule has 0 radical (unpaired) electrons. The van der Waals surface area contributed by atoms with Crippen LogP contribution in [0.3, 0.4) is 0 Å².